The molecular weight excluding hydrogens is 324 g/mol. The highest BCUT2D eigenvalue weighted by Crippen LogP contribution is 2.30. The van der Waals surface area contributed by atoms with E-state index in [-0.39, 0.29) is 5.92 Å². The fourth-order valence-corrected chi connectivity index (χ4v) is 3.65. The minimum absolute atomic E-state index is 0.124. The third-order valence-electron chi connectivity index (χ3n) is 4.49. The second-order valence-corrected chi connectivity index (χ2v) is 6.84. The van der Waals surface area contributed by atoms with Gasteiger partial charge in [-0.3, -0.25) is 4.79 Å². The lowest BCUT2D eigenvalue weighted by atomic mass is 9.79. The quantitative estimate of drug-likeness (QED) is 0.697. The van der Waals surface area contributed by atoms with Gasteiger partial charge in [-0.1, -0.05) is 40.2 Å². The van der Waals surface area contributed by atoms with Gasteiger partial charge in [0.15, 0.2) is 5.78 Å². The van der Waals surface area contributed by atoms with Crippen molar-refractivity contribution in [1.29, 1.82) is 0 Å². The molecule has 2 aromatic rings. The zero-order valence-corrected chi connectivity index (χ0v) is 14.0. The Bertz CT molecular complexity index is 703. The number of Topliss-reactive ketones (excluding diaryl/α,β-unsaturated/α-hetero) is 1. The van der Waals surface area contributed by atoms with Gasteiger partial charge in [-0.05, 0) is 67.5 Å². The third kappa shape index (κ3) is 2.82. The summed E-state index contributed by atoms with van der Waals surface area (Å²) in [5, 5.41) is 0. The summed E-state index contributed by atoms with van der Waals surface area (Å²) in [5.41, 5.74) is 5.83. The summed E-state index contributed by atoms with van der Waals surface area (Å²) >= 11 is 3.54. The highest BCUT2D eigenvalue weighted by Gasteiger charge is 2.26. The van der Waals surface area contributed by atoms with E-state index in [2.05, 4.69) is 46.3 Å². The van der Waals surface area contributed by atoms with Crippen molar-refractivity contribution in [2.24, 2.45) is 5.92 Å². The van der Waals surface area contributed by atoms with Crippen molar-refractivity contribution in [2.75, 3.05) is 0 Å². The van der Waals surface area contributed by atoms with E-state index in [1.54, 1.807) is 0 Å². The monoisotopic (exact) mass is 342 g/mol. The van der Waals surface area contributed by atoms with E-state index >= 15 is 0 Å². The molecule has 0 amide bonds. The molecule has 1 nitrogen and oxygen atoms in total. The smallest absolute Gasteiger partial charge is 0.166 e. The number of carbonyl (C=O) groups is 1. The summed E-state index contributed by atoms with van der Waals surface area (Å²) in [6.07, 6.45) is 2.86. The van der Waals surface area contributed by atoms with Crippen LogP contribution < -0.4 is 0 Å². The van der Waals surface area contributed by atoms with Gasteiger partial charge in [0.1, 0.15) is 0 Å². The molecule has 0 bridgehead atoms. The SMILES string of the molecule is Cc1cc(C(=O)C2CCc3ccccc3C2)c(C)cc1Br. The molecule has 0 heterocycles. The summed E-state index contributed by atoms with van der Waals surface area (Å²) in [6, 6.07) is 12.6. The molecule has 0 N–H and O–H groups in total. The molecule has 2 aromatic carbocycles. The molecule has 0 radical (unpaired) electrons. The fourth-order valence-electron chi connectivity index (χ4n) is 3.19. The number of hydrogen-bond donors (Lipinski definition) is 0. The van der Waals surface area contributed by atoms with Crippen LogP contribution in [0.15, 0.2) is 40.9 Å². The van der Waals surface area contributed by atoms with E-state index < -0.39 is 0 Å². The zero-order chi connectivity index (χ0) is 15.0. The maximum atomic E-state index is 12.9. The molecule has 1 atom stereocenters. The van der Waals surface area contributed by atoms with E-state index in [0.717, 1.165) is 40.4 Å². The van der Waals surface area contributed by atoms with Crippen molar-refractivity contribution in [3.63, 3.8) is 0 Å². The number of aryl methyl sites for hydroxylation is 3. The van der Waals surface area contributed by atoms with Crippen LogP contribution in [0, 0.1) is 19.8 Å². The molecule has 1 unspecified atom stereocenters. The molecule has 1 aliphatic rings. The zero-order valence-electron chi connectivity index (χ0n) is 12.4. The molecule has 108 valence electrons. The molecule has 21 heavy (non-hydrogen) atoms. The Labute approximate surface area is 134 Å². The van der Waals surface area contributed by atoms with Gasteiger partial charge in [-0.2, -0.15) is 0 Å². The van der Waals surface area contributed by atoms with E-state index in [1.165, 1.54) is 11.1 Å². The lowest BCUT2D eigenvalue weighted by Gasteiger charge is -2.24. The summed E-state index contributed by atoms with van der Waals surface area (Å²) in [5.74, 6) is 0.428. The Hall–Kier alpha value is -1.41. The first-order valence-corrected chi connectivity index (χ1v) is 8.23. The topological polar surface area (TPSA) is 17.1 Å². The average Bonchev–Trinajstić information content (AvgIpc) is 2.50. The molecule has 0 saturated carbocycles. The highest BCUT2D eigenvalue weighted by molar-refractivity contribution is 9.10. The predicted molar refractivity (Wildman–Crippen MR) is 89.9 cm³/mol. The van der Waals surface area contributed by atoms with Crippen molar-refractivity contribution in [2.45, 2.75) is 33.1 Å². The summed E-state index contributed by atoms with van der Waals surface area (Å²) < 4.78 is 1.07. The fraction of sp³-hybridized carbons (Fsp3) is 0.316. The number of carbonyl (C=O) groups excluding carboxylic acids is 1. The van der Waals surface area contributed by atoms with Gasteiger partial charge in [0.2, 0.25) is 0 Å². The molecule has 3 rings (SSSR count). The Morgan fingerprint density at radius 3 is 2.57 bits per heavy atom. The third-order valence-corrected chi connectivity index (χ3v) is 5.34. The van der Waals surface area contributed by atoms with E-state index in [4.69, 9.17) is 0 Å². The van der Waals surface area contributed by atoms with Crippen LogP contribution in [-0.4, -0.2) is 5.78 Å². The number of rotatable bonds is 2. The first-order valence-electron chi connectivity index (χ1n) is 7.44. The number of ketones is 1. The first kappa shape index (κ1) is 14.5. The normalized spacial score (nSPS) is 17.4. The number of halogens is 1. The van der Waals surface area contributed by atoms with Crippen LogP contribution in [0.2, 0.25) is 0 Å². The van der Waals surface area contributed by atoms with Crippen LogP contribution in [-0.2, 0) is 12.8 Å². The number of fused-ring (bicyclic) bond motifs is 1. The molecular formula is C19H19BrO. The molecule has 2 heteroatoms. The lowest BCUT2D eigenvalue weighted by Crippen LogP contribution is -2.23. The Kier molecular flexibility index (Phi) is 3.99. The largest absolute Gasteiger partial charge is 0.294 e. The standard InChI is InChI=1S/C19H19BrO/c1-12-10-18(20)13(2)9-17(12)19(21)16-8-7-14-5-3-4-6-15(14)11-16/h3-6,9-10,16H,7-8,11H2,1-2H3. The van der Waals surface area contributed by atoms with Crippen LogP contribution in [0.3, 0.4) is 0 Å². The molecule has 0 aromatic heterocycles. The predicted octanol–water partition coefficient (Wildman–Crippen LogP) is 5.05. The van der Waals surface area contributed by atoms with Gasteiger partial charge >= 0.3 is 0 Å². The second-order valence-electron chi connectivity index (χ2n) is 5.99. The van der Waals surface area contributed by atoms with Crippen LogP contribution in [0.4, 0.5) is 0 Å². The molecule has 0 saturated heterocycles. The van der Waals surface area contributed by atoms with E-state index in [1.807, 2.05) is 19.9 Å². The Balaban J connectivity index is 1.89. The Morgan fingerprint density at radius 1 is 1.10 bits per heavy atom. The first-order chi connectivity index (χ1) is 10.1. The number of benzene rings is 2. The summed E-state index contributed by atoms with van der Waals surface area (Å²) in [7, 11) is 0. The molecule has 0 fully saturated rings. The van der Waals surface area contributed by atoms with Crippen molar-refractivity contribution in [1.82, 2.24) is 0 Å². The lowest BCUT2D eigenvalue weighted by molar-refractivity contribution is 0.0908. The van der Waals surface area contributed by atoms with Crippen molar-refractivity contribution in [3.8, 4) is 0 Å². The highest BCUT2D eigenvalue weighted by atomic mass is 79.9. The summed E-state index contributed by atoms with van der Waals surface area (Å²) in [6.45, 7) is 4.06. The maximum absolute atomic E-state index is 12.9. The van der Waals surface area contributed by atoms with Crippen molar-refractivity contribution < 1.29 is 4.79 Å². The van der Waals surface area contributed by atoms with Crippen LogP contribution >= 0.6 is 15.9 Å². The molecule has 0 spiro atoms. The minimum Gasteiger partial charge on any atom is -0.294 e. The van der Waals surface area contributed by atoms with Crippen LogP contribution in [0.1, 0.15) is 39.0 Å². The van der Waals surface area contributed by atoms with Gasteiger partial charge in [0.05, 0.1) is 0 Å². The second kappa shape index (κ2) is 5.76. The molecule has 1 aliphatic carbocycles. The van der Waals surface area contributed by atoms with Gasteiger partial charge in [-0.25, -0.2) is 0 Å². The van der Waals surface area contributed by atoms with Crippen molar-refractivity contribution in [3.05, 3.63) is 68.7 Å². The maximum Gasteiger partial charge on any atom is 0.166 e. The van der Waals surface area contributed by atoms with Crippen LogP contribution in [0.5, 0.6) is 0 Å². The van der Waals surface area contributed by atoms with Gasteiger partial charge < -0.3 is 0 Å². The van der Waals surface area contributed by atoms with E-state index in [0.29, 0.717) is 5.78 Å². The van der Waals surface area contributed by atoms with E-state index in [9.17, 15) is 4.79 Å². The number of hydrogen-bond acceptors (Lipinski definition) is 1. The average molecular weight is 343 g/mol. The van der Waals surface area contributed by atoms with Crippen LogP contribution in [0.25, 0.3) is 0 Å². The van der Waals surface area contributed by atoms with Gasteiger partial charge in [0.25, 0.3) is 0 Å². The van der Waals surface area contributed by atoms with Crippen molar-refractivity contribution >= 4 is 21.7 Å². The Morgan fingerprint density at radius 2 is 1.81 bits per heavy atom. The van der Waals surface area contributed by atoms with Gasteiger partial charge in [-0.15, -0.1) is 0 Å². The minimum atomic E-state index is 0.124. The molecule has 0 aliphatic heterocycles. The summed E-state index contributed by atoms with van der Waals surface area (Å²) in [4.78, 5) is 12.9. The van der Waals surface area contributed by atoms with Gasteiger partial charge in [0, 0.05) is 16.0 Å².